The second-order valence-corrected chi connectivity index (χ2v) is 6.39. The number of hydrogen-bond acceptors (Lipinski definition) is 4. The van der Waals surface area contributed by atoms with E-state index in [0.29, 0.717) is 24.6 Å². The minimum absolute atomic E-state index is 0.0254. The Morgan fingerprint density at radius 1 is 1.35 bits per heavy atom. The normalized spacial score (nSPS) is 20.8. The van der Waals surface area contributed by atoms with Crippen LogP contribution in [0.25, 0.3) is 0 Å². The molecule has 2 aliphatic heterocycles. The number of ether oxygens (including phenoxy) is 1. The number of nitrogens with zero attached hydrogens (tertiary/aromatic N) is 1. The lowest BCUT2D eigenvalue weighted by Crippen LogP contribution is -2.57. The van der Waals surface area contributed by atoms with E-state index < -0.39 is 10.0 Å². The van der Waals surface area contributed by atoms with Crippen LogP contribution in [0.1, 0.15) is 5.56 Å². The van der Waals surface area contributed by atoms with Gasteiger partial charge < -0.3 is 10.5 Å². The Morgan fingerprint density at radius 2 is 2.12 bits per heavy atom. The molecule has 0 saturated carbocycles. The van der Waals surface area contributed by atoms with Crippen molar-refractivity contribution >= 4 is 10.0 Å². The quantitative estimate of drug-likeness (QED) is 0.803. The van der Waals surface area contributed by atoms with Crippen molar-refractivity contribution < 1.29 is 13.2 Å². The molecular formula is C11H14N2O3S. The summed E-state index contributed by atoms with van der Waals surface area (Å²) in [4.78, 5) is 0.341. The van der Waals surface area contributed by atoms with Crippen LogP contribution in [0.2, 0.25) is 0 Å². The first-order valence-electron chi connectivity index (χ1n) is 5.59. The van der Waals surface area contributed by atoms with Crippen molar-refractivity contribution in [1.82, 2.24) is 4.31 Å². The van der Waals surface area contributed by atoms with Gasteiger partial charge in [0.2, 0.25) is 10.0 Å². The van der Waals surface area contributed by atoms with Crippen molar-refractivity contribution in [2.24, 2.45) is 5.73 Å². The maximum atomic E-state index is 12.2. The van der Waals surface area contributed by atoms with E-state index in [9.17, 15) is 8.42 Å². The molecule has 2 N–H and O–H groups in total. The van der Waals surface area contributed by atoms with E-state index in [-0.39, 0.29) is 6.04 Å². The molecule has 0 bridgehead atoms. The number of nitrogens with two attached hydrogens (primary N) is 1. The van der Waals surface area contributed by atoms with Crippen molar-refractivity contribution in [1.29, 1.82) is 0 Å². The highest BCUT2D eigenvalue weighted by Gasteiger charge is 2.35. The largest absolute Gasteiger partial charge is 0.493 e. The molecule has 1 aromatic carbocycles. The van der Waals surface area contributed by atoms with Crippen LogP contribution in [0, 0.1) is 0 Å². The Morgan fingerprint density at radius 3 is 2.82 bits per heavy atom. The SMILES string of the molecule is NC1CN(S(=O)(=O)c2ccc3c(c2)CCO3)C1. The molecule has 6 heteroatoms. The fraction of sp³-hybridized carbons (Fsp3) is 0.455. The average molecular weight is 254 g/mol. The van der Waals surface area contributed by atoms with Crippen LogP contribution >= 0.6 is 0 Å². The number of rotatable bonds is 2. The van der Waals surface area contributed by atoms with Crippen LogP contribution in [0.5, 0.6) is 5.75 Å². The molecule has 1 aromatic rings. The van der Waals surface area contributed by atoms with Gasteiger partial charge in [-0.3, -0.25) is 0 Å². The second kappa shape index (κ2) is 3.69. The van der Waals surface area contributed by atoms with E-state index in [1.807, 2.05) is 0 Å². The fourth-order valence-corrected chi connectivity index (χ4v) is 3.74. The Kier molecular flexibility index (Phi) is 2.39. The van der Waals surface area contributed by atoms with Gasteiger partial charge in [-0.25, -0.2) is 8.42 Å². The summed E-state index contributed by atoms with van der Waals surface area (Å²) in [6.07, 6.45) is 0.776. The standard InChI is InChI=1S/C11H14N2O3S/c12-9-6-13(7-9)17(14,15)10-1-2-11-8(5-10)3-4-16-11/h1-2,5,9H,3-4,6-7,12H2. The number of benzene rings is 1. The van der Waals surface area contributed by atoms with Gasteiger partial charge in [0.1, 0.15) is 5.75 Å². The molecular weight excluding hydrogens is 240 g/mol. The Labute approximate surface area is 100 Å². The third-order valence-electron chi connectivity index (χ3n) is 3.17. The average Bonchev–Trinajstić information content (AvgIpc) is 2.71. The summed E-state index contributed by atoms with van der Waals surface area (Å²) in [5.74, 6) is 0.796. The summed E-state index contributed by atoms with van der Waals surface area (Å²) in [7, 11) is -3.36. The van der Waals surface area contributed by atoms with Crippen LogP contribution in [0.3, 0.4) is 0 Å². The van der Waals surface area contributed by atoms with Gasteiger partial charge in [-0.1, -0.05) is 0 Å². The molecule has 92 valence electrons. The molecule has 0 radical (unpaired) electrons. The first kappa shape index (κ1) is 11.0. The number of fused-ring (bicyclic) bond motifs is 1. The van der Waals surface area contributed by atoms with Crippen molar-refractivity contribution in [3.05, 3.63) is 23.8 Å². The zero-order valence-corrected chi connectivity index (χ0v) is 10.1. The van der Waals surface area contributed by atoms with Crippen LogP contribution in [-0.4, -0.2) is 38.5 Å². The lowest BCUT2D eigenvalue weighted by atomic mass is 10.2. The van der Waals surface area contributed by atoms with E-state index in [1.54, 1.807) is 18.2 Å². The molecule has 0 amide bonds. The third kappa shape index (κ3) is 1.72. The zero-order chi connectivity index (χ0) is 12.0. The Balaban J connectivity index is 1.94. The molecule has 1 fully saturated rings. The van der Waals surface area contributed by atoms with Gasteiger partial charge in [-0.15, -0.1) is 0 Å². The van der Waals surface area contributed by atoms with Crippen molar-refractivity contribution in [3.63, 3.8) is 0 Å². The fourth-order valence-electron chi connectivity index (χ4n) is 2.14. The summed E-state index contributed by atoms with van der Waals surface area (Å²) >= 11 is 0. The highest BCUT2D eigenvalue weighted by Crippen LogP contribution is 2.29. The first-order valence-corrected chi connectivity index (χ1v) is 7.03. The minimum atomic E-state index is -3.36. The van der Waals surface area contributed by atoms with E-state index in [0.717, 1.165) is 17.7 Å². The zero-order valence-electron chi connectivity index (χ0n) is 9.30. The predicted molar refractivity (Wildman–Crippen MR) is 62.4 cm³/mol. The van der Waals surface area contributed by atoms with Gasteiger partial charge in [0.25, 0.3) is 0 Å². The molecule has 17 heavy (non-hydrogen) atoms. The lowest BCUT2D eigenvalue weighted by Gasteiger charge is -2.35. The maximum absolute atomic E-state index is 12.2. The second-order valence-electron chi connectivity index (χ2n) is 4.45. The number of hydrogen-bond donors (Lipinski definition) is 1. The summed E-state index contributed by atoms with van der Waals surface area (Å²) in [5.41, 5.74) is 6.58. The topological polar surface area (TPSA) is 72.6 Å². The van der Waals surface area contributed by atoms with Gasteiger partial charge >= 0.3 is 0 Å². The molecule has 0 aromatic heterocycles. The Bertz CT molecular complexity index is 550. The smallest absolute Gasteiger partial charge is 0.243 e. The number of sulfonamides is 1. The molecule has 0 spiro atoms. The summed E-state index contributed by atoms with van der Waals surface area (Å²) in [6, 6.07) is 5.02. The summed E-state index contributed by atoms with van der Waals surface area (Å²) < 4.78 is 31.1. The van der Waals surface area contributed by atoms with Gasteiger partial charge in [0.05, 0.1) is 11.5 Å². The van der Waals surface area contributed by atoms with E-state index in [2.05, 4.69) is 0 Å². The van der Waals surface area contributed by atoms with E-state index in [1.165, 1.54) is 4.31 Å². The van der Waals surface area contributed by atoms with E-state index >= 15 is 0 Å². The molecule has 0 atom stereocenters. The molecule has 2 aliphatic rings. The van der Waals surface area contributed by atoms with Gasteiger partial charge in [0.15, 0.2) is 0 Å². The van der Waals surface area contributed by atoms with E-state index in [4.69, 9.17) is 10.5 Å². The highest BCUT2D eigenvalue weighted by molar-refractivity contribution is 7.89. The first-order chi connectivity index (χ1) is 8.07. The van der Waals surface area contributed by atoms with Crippen LogP contribution in [0.15, 0.2) is 23.1 Å². The third-order valence-corrected chi connectivity index (χ3v) is 5.00. The molecule has 2 heterocycles. The lowest BCUT2D eigenvalue weighted by molar-refractivity contribution is 0.265. The van der Waals surface area contributed by atoms with Crippen molar-refractivity contribution in [3.8, 4) is 5.75 Å². The van der Waals surface area contributed by atoms with Gasteiger partial charge in [0, 0.05) is 25.6 Å². The van der Waals surface area contributed by atoms with Crippen LogP contribution < -0.4 is 10.5 Å². The molecule has 0 aliphatic carbocycles. The van der Waals surface area contributed by atoms with Crippen LogP contribution in [-0.2, 0) is 16.4 Å². The molecule has 3 rings (SSSR count). The molecule has 1 saturated heterocycles. The monoisotopic (exact) mass is 254 g/mol. The molecule has 0 unspecified atom stereocenters. The van der Waals surface area contributed by atoms with Crippen molar-refractivity contribution in [2.75, 3.05) is 19.7 Å². The molecule has 5 nitrogen and oxygen atoms in total. The van der Waals surface area contributed by atoms with Crippen LogP contribution in [0.4, 0.5) is 0 Å². The Hall–Kier alpha value is -1.11. The van der Waals surface area contributed by atoms with Gasteiger partial charge in [-0.05, 0) is 23.8 Å². The minimum Gasteiger partial charge on any atom is -0.493 e. The van der Waals surface area contributed by atoms with Gasteiger partial charge in [-0.2, -0.15) is 4.31 Å². The highest BCUT2D eigenvalue weighted by atomic mass is 32.2. The summed E-state index contributed by atoms with van der Waals surface area (Å²) in [6.45, 7) is 1.46. The maximum Gasteiger partial charge on any atom is 0.243 e. The summed E-state index contributed by atoms with van der Waals surface area (Å²) in [5, 5.41) is 0. The van der Waals surface area contributed by atoms with Crippen molar-refractivity contribution in [2.45, 2.75) is 17.4 Å². The predicted octanol–water partition coefficient (Wildman–Crippen LogP) is -0.0469.